The summed E-state index contributed by atoms with van der Waals surface area (Å²) in [5, 5.41) is 9.32. The van der Waals surface area contributed by atoms with E-state index in [1.165, 1.54) is 0 Å². The van der Waals surface area contributed by atoms with Crippen LogP contribution in [0.3, 0.4) is 0 Å². The number of ether oxygens (including phenoxy) is 3. The van der Waals surface area contributed by atoms with Crippen LogP contribution in [0.1, 0.15) is 41.9 Å². The fourth-order valence-electron chi connectivity index (χ4n) is 3.90. The van der Waals surface area contributed by atoms with Crippen molar-refractivity contribution >= 4 is 5.97 Å². The number of carbonyl (C=O) groups is 1. The molecule has 1 unspecified atom stereocenters. The lowest BCUT2D eigenvalue weighted by Crippen LogP contribution is -2.12. The molecule has 1 aromatic rings. The van der Waals surface area contributed by atoms with Crippen LogP contribution in [0.2, 0.25) is 0 Å². The largest absolute Gasteiger partial charge is 0.492 e. The summed E-state index contributed by atoms with van der Waals surface area (Å²) in [7, 11) is 1.66. The predicted molar refractivity (Wildman–Crippen MR) is 79.1 cm³/mol. The zero-order chi connectivity index (χ0) is 15.3. The van der Waals surface area contributed by atoms with Gasteiger partial charge in [0, 0.05) is 35.4 Å². The normalized spacial score (nSPS) is 19.9. The molecule has 1 fully saturated rings. The van der Waals surface area contributed by atoms with E-state index in [1.807, 2.05) is 0 Å². The molecule has 1 aliphatic carbocycles. The monoisotopic (exact) mass is 304 g/mol. The highest BCUT2D eigenvalue weighted by Gasteiger charge is 2.41. The summed E-state index contributed by atoms with van der Waals surface area (Å²) in [5.41, 5.74) is 3.25. The van der Waals surface area contributed by atoms with Gasteiger partial charge in [0.1, 0.15) is 5.75 Å². The van der Waals surface area contributed by atoms with Crippen molar-refractivity contribution in [2.75, 3.05) is 20.3 Å². The first-order chi connectivity index (χ1) is 10.7. The fourth-order valence-corrected chi connectivity index (χ4v) is 3.90. The first-order valence-electron chi connectivity index (χ1n) is 7.93. The minimum absolute atomic E-state index is 0.0331. The van der Waals surface area contributed by atoms with Crippen LogP contribution < -0.4 is 14.2 Å². The van der Waals surface area contributed by atoms with Crippen LogP contribution in [0.4, 0.5) is 0 Å². The minimum atomic E-state index is -0.743. The van der Waals surface area contributed by atoms with E-state index in [-0.39, 0.29) is 12.3 Å². The highest BCUT2D eigenvalue weighted by molar-refractivity contribution is 5.71. The average Bonchev–Trinajstić information content (AvgIpc) is 3.02. The van der Waals surface area contributed by atoms with E-state index in [9.17, 15) is 9.90 Å². The van der Waals surface area contributed by atoms with Gasteiger partial charge in [-0.15, -0.1) is 0 Å². The fraction of sp³-hybridized carbons (Fsp3) is 0.588. The number of carboxylic acid groups (broad SMARTS) is 1. The van der Waals surface area contributed by atoms with Crippen LogP contribution in [0.15, 0.2) is 0 Å². The standard InChI is InChI=1S/C17H20O5/c1-20-16-11-5-7-21-15(11)14(10-4-6-22-17(10)16)12(8-13(18)19)9-2-3-9/h9,12H,2-8H2,1H3,(H,18,19). The van der Waals surface area contributed by atoms with Crippen molar-refractivity contribution in [3.05, 3.63) is 16.7 Å². The molecule has 0 amide bonds. The van der Waals surface area contributed by atoms with Gasteiger partial charge in [0.05, 0.1) is 26.7 Å². The number of hydrogen-bond donors (Lipinski definition) is 1. The van der Waals surface area contributed by atoms with Crippen molar-refractivity contribution < 1.29 is 24.1 Å². The smallest absolute Gasteiger partial charge is 0.303 e. The maximum atomic E-state index is 11.3. The molecule has 1 atom stereocenters. The van der Waals surface area contributed by atoms with Crippen molar-refractivity contribution in [2.45, 2.75) is 38.0 Å². The molecule has 3 aliphatic rings. The first kappa shape index (κ1) is 13.7. The highest BCUT2D eigenvalue weighted by Crippen LogP contribution is 2.56. The van der Waals surface area contributed by atoms with E-state index in [1.54, 1.807) is 7.11 Å². The number of carboxylic acids is 1. The Balaban J connectivity index is 1.90. The van der Waals surface area contributed by atoms with Crippen LogP contribution in [0.25, 0.3) is 0 Å². The van der Waals surface area contributed by atoms with Gasteiger partial charge < -0.3 is 19.3 Å². The molecular formula is C17H20O5. The number of aliphatic carboxylic acids is 1. The van der Waals surface area contributed by atoms with Crippen molar-refractivity contribution in [3.63, 3.8) is 0 Å². The van der Waals surface area contributed by atoms with E-state index in [4.69, 9.17) is 14.2 Å². The molecule has 0 bridgehead atoms. The quantitative estimate of drug-likeness (QED) is 0.905. The summed E-state index contributed by atoms with van der Waals surface area (Å²) in [6.45, 7) is 1.26. The van der Waals surface area contributed by atoms with E-state index in [0.717, 1.165) is 59.6 Å². The van der Waals surface area contributed by atoms with Gasteiger partial charge in [0.2, 0.25) is 0 Å². The maximum absolute atomic E-state index is 11.3. The van der Waals surface area contributed by atoms with Crippen LogP contribution >= 0.6 is 0 Å². The number of rotatable bonds is 5. The lowest BCUT2D eigenvalue weighted by Gasteiger charge is -2.22. The first-order valence-corrected chi connectivity index (χ1v) is 7.93. The molecule has 2 aliphatic heterocycles. The molecule has 1 aromatic carbocycles. The van der Waals surface area contributed by atoms with Crippen LogP contribution in [0.5, 0.6) is 17.2 Å². The second-order valence-electron chi connectivity index (χ2n) is 6.30. The van der Waals surface area contributed by atoms with E-state index in [0.29, 0.717) is 19.1 Å². The Kier molecular flexibility index (Phi) is 3.17. The van der Waals surface area contributed by atoms with Gasteiger partial charge in [-0.3, -0.25) is 4.79 Å². The zero-order valence-electron chi connectivity index (χ0n) is 12.7. The SMILES string of the molecule is COc1c2c(c(C(CC(=O)O)C3CC3)c3c1OCC3)OCC2. The molecule has 22 heavy (non-hydrogen) atoms. The number of fused-ring (bicyclic) bond motifs is 2. The van der Waals surface area contributed by atoms with Crippen molar-refractivity contribution in [2.24, 2.45) is 5.92 Å². The Morgan fingerprint density at radius 1 is 1.23 bits per heavy atom. The summed E-state index contributed by atoms with van der Waals surface area (Å²) in [4.78, 5) is 11.3. The molecule has 5 nitrogen and oxygen atoms in total. The number of hydrogen-bond acceptors (Lipinski definition) is 4. The van der Waals surface area contributed by atoms with Gasteiger partial charge in [-0.05, 0) is 18.8 Å². The second-order valence-corrected chi connectivity index (χ2v) is 6.30. The van der Waals surface area contributed by atoms with Gasteiger partial charge in [-0.25, -0.2) is 0 Å². The molecule has 0 spiro atoms. The Bertz CT molecular complexity index is 597. The van der Waals surface area contributed by atoms with Crippen molar-refractivity contribution in [1.29, 1.82) is 0 Å². The lowest BCUT2D eigenvalue weighted by atomic mass is 9.84. The number of benzene rings is 1. The molecule has 1 saturated carbocycles. The van der Waals surface area contributed by atoms with Gasteiger partial charge in [0.25, 0.3) is 0 Å². The molecule has 1 N–H and O–H groups in total. The Labute approximate surface area is 129 Å². The van der Waals surface area contributed by atoms with Gasteiger partial charge in [0.15, 0.2) is 11.5 Å². The third-order valence-electron chi connectivity index (χ3n) is 4.96. The summed E-state index contributed by atoms with van der Waals surface area (Å²) in [6.07, 6.45) is 3.98. The van der Waals surface area contributed by atoms with Crippen molar-refractivity contribution in [1.82, 2.24) is 0 Å². The molecular weight excluding hydrogens is 284 g/mol. The predicted octanol–water partition coefficient (Wildman–Crippen LogP) is 2.53. The number of methoxy groups -OCH3 is 1. The van der Waals surface area contributed by atoms with Crippen molar-refractivity contribution in [3.8, 4) is 17.2 Å². The van der Waals surface area contributed by atoms with Crippen LogP contribution in [-0.2, 0) is 17.6 Å². The average molecular weight is 304 g/mol. The minimum Gasteiger partial charge on any atom is -0.492 e. The molecule has 2 heterocycles. The summed E-state index contributed by atoms with van der Waals surface area (Å²) < 4.78 is 17.3. The van der Waals surface area contributed by atoms with Gasteiger partial charge >= 0.3 is 5.97 Å². The lowest BCUT2D eigenvalue weighted by molar-refractivity contribution is -0.137. The summed E-state index contributed by atoms with van der Waals surface area (Å²) >= 11 is 0. The summed E-state index contributed by atoms with van der Waals surface area (Å²) in [5.74, 6) is 2.23. The van der Waals surface area contributed by atoms with Gasteiger partial charge in [-0.1, -0.05) is 0 Å². The summed E-state index contributed by atoms with van der Waals surface area (Å²) in [6, 6.07) is 0. The Hall–Kier alpha value is -1.91. The molecule has 4 rings (SSSR count). The van der Waals surface area contributed by atoms with E-state index >= 15 is 0 Å². The van der Waals surface area contributed by atoms with E-state index in [2.05, 4.69) is 0 Å². The van der Waals surface area contributed by atoms with Crippen LogP contribution in [-0.4, -0.2) is 31.4 Å². The Morgan fingerprint density at radius 2 is 1.91 bits per heavy atom. The molecule has 0 radical (unpaired) electrons. The zero-order valence-corrected chi connectivity index (χ0v) is 12.7. The molecule has 0 aromatic heterocycles. The third kappa shape index (κ3) is 2.02. The molecule has 0 saturated heterocycles. The van der Waals surface area contributed by atoms with Crippen LogP contribution in [0, 0.1) is 5.92 Å². The topological polar surface area (TPSA) is 65.0 Å². The Morgan fingerprint density at radius 3 is 2.55 bits per heavy atom. The second kappa shape index (κ2) is 5.07. The highest BCUT2D eigenvalue weighted by atomic mass is 16.5. The molecule has 118 valence electrons. The van der Waals surface area contributed by atoms with Gasteiger partial charge in [-0.2, -0.15) is 0 Å². The third-order valence-corrected chi connectivity index (χ3v) is 4.96. The molecule has 5 heteroatoms. The van der Waals surface area contributed by atoms with E-state index < -0.39 is 5.97 Å². The maximum Gasteiger partial charge on any atom is 0.303 e.